The van der Waals surface area contributed by atoms with Gasteiger partial charge in [0.1, 0.15) is 22.5 Å². The topological polar surface area (TPSA) is 66.2 Å². The number of para-hydroxylation sites is 2. The lowest BCUT2D eigenvalue weighted by Crippen LogP contribution is -1.76. The van der Waals surface area contributed by atoms with Crippen molar-refractivity contribution in [1.82, 2.24) is 9.97 Å². The zero-order valence-electron chi connectivity index (χ0n) is 11.7. The molecule has 0 spiro atoms. The van der Waals surface area contributed by atoms with E-state index in [0.29, 0.717) is 11.0 Å². The molecule has 0 bridgehead atoms. The highest BCUT2D eigenvalue weighted by Gasteiger charge is 1.97. The van der Waals surface area contributed by atoms with Crippen LogP contribution in [0.3, 0.4) is 0 Å². The first kappa shape index (κ1) is 17.0. The van der Waals surface area contributed by atoms with Crippen LogP contribution in [0.2, 0.25) is 0 Å². The molecule has 0 amide bonds. The standard InChI is InChI=1S/2C9H7NO.Mg.2H/c2*11-8-5-1-3-7-4-2-6-10-9(7)8;;;/h2*1-6,11H;;;. The van der Waals surface area contributed by atoms with Gasteiger partial charge in [-0.3, -0.25) is 9.97 Å². The van der Waals surface area contributed by atoms with Gasteiger partial charge in [0.25, 0.3) is 0 Å². The molecule has 0 saturated carbocycles. The van der Waals surface area contributed by atoms with E-state index in [1.54, 1.807) is 36.7 Å². The van der Waals surface area contributed by atoms with Crippen molar-refractivity contribution in [2.75, 3.05) is 0 Å². The van der Waals surface area contributed by atoms with E-state index < -0.39 is 0 Å². The maximum atomic E-state index is 9.31. The van der Waals surface area contributed by atoms with Crippen LogP contribution in [0, 0.1) is 0 Å². The van der Waals surface area contributed by atoms with Crippen molar-refractivity contribution in [3.8, 4) is 11.5 Å². The van der Waals surface area contributed by atoms with Crippen LogP contribution in [0.4, 0.5) is 0 Å². The third-order valence-electron chi connectivity index (χ3n) is 3.22. The van der Waals surface area contributed by atoms with Gasteiger partial charge in [-0.05, 0) is 24.3 Å². The number of hydrogen-bond donors (Lipinski definition) is 2. The van der Waals surface area contributed by atoms with E-state index in [1.165, 1.54) is 0 Å². The van der Waals surface area contributed by atoms with Crippen LogP contribution in [0.5, 0.6) is 11.5 Å². The molecule has 0 aliphatic heterocycles. The summed E-state index contributed by atoms with van der Waals surface area (Å²) < 4.78 is 0. The molecule has 0 unspecified atom stereocenters. The summed E-state index contributed by atoms with van der Waals surface area (Å²) in [7, 11) is 0. The van der Waals surface area contributed by atoms with E-state index in [0.717, 1.165) is 10.8 Å². The molecule has 0 aliphatic rings. The van der Waals surface area contributed by atoms with E-state index in [9.17, 15) is 10.2 Å². The Labute approximate surface area is 149 Å². The van der Waals surface area contributed by atoms with Gasteiger partial charge in [0.15, 0.2) is 0 Å². The molecule has 0 aliphatic carbocycles. The second-order valence-electron chi connectivity index (χ2n) is 4.70. The summed E-state index contributed by atoms with van der Waals surface area (Å²) in [6.45, 7) is 0. The Bertz CT molecular complexity index is 841. The number of hydrogen-bond acceptors (Lipinski definition) is 4. The fourth-order valence-corrected chi connectivity index (χ4v) is 2.18. The molecule has 2 heterocycles. The maximum absolute atomic E-state index is 9.31. The summed E-state index contributed by atoms with van der Waals surface area (Å²) in [5.74, 6) is 0.478. The largest absolute Gasteiger partial charge is 0.506 e. The van der Waals surface area contributed by atoms with Crippen LogP contribution in [0.25, 0.3) is 21.8 Å². The van der Waals surface area contributed by atoms with Crippen LogP contribution in [-0.4, -0.2) is 43.2 Å². The van der Waals surface area contributed by atoms with Gasteiger partial charge in [-0.1, -0.05) is 36.4 Å². The molecule has 2 N–H and O–H groups in total. The summed E-state index contributed by atoms with van der Waals surface area (Å²) in [6, 6.07) is 18.3. The number of pyridine rings is 2. The van der Waals surface area contributed by atoms with Gasteiger partial charge in [0.2, 0.25) is 0 Å². The number of phenolic OH excluding ortho intramolecular Hbond substituents is 2. The summed E-state index contributed by atoms with van der Waals surface area (Å²) >= 11 is 0. The van der Waals surface area contributed by atoms with Gasteiger partial charge in [0, 0.05) is 23.2 Å². The van der Waals surface area contributed by atoms with Crippen molar-refractivity contribution in [3.05, 3.63) is 73.1 Å². The van der Waals surface area contributed by atoms with Crippen molar-refractivity contribution in [2.24, 2.45) is 0 Å². The van der Waals surface area contributed by atoms with E-state index in [1.807, 2.05) is 36.4 Å². The normalized spacial score (nSPS) is 9.74. The minimum absolute atomic E-state index is 0. The number of rotatable bonds is 0. The predicted molar refractivity (Wildman–Crippen MR) is 95.4 cm³/mol. The number of benzene rings is 2. The van der Waals surface area contributed by atoms with E-state index in [2.05, 4.69) is 9.97 Å². The van der Waals surface area contributed by atoms with Crippen molar-refractivity contribution in [3.63, 3.8) is 0 Å². The summed E-state index contributed by atoms with van der Waals surface area (Å²) in [5.41, 5.74) is 1.32. The van der Waals surface area contributed by atoms with E-state index >= 15 is 0 Å². The Morgan fingerprint density at radius 3 is 1.35 bits per heavy atom. The fourth-order valence-electron chi connectivity index (χ4n) is 2.18. The second kappa shape index (κ2) is 7.76. The van der Waals surface area contributed by atoms with Gasteiger partial charge < -0.3 is 10.2 Å². The van der Waals surface area contributed by atoms with Crippen molar-refractivity contribution in [1.29, 1.82) is 0 Å². The van der Waals surface area contributed by atoms with Crippen LogP contribution in [0.15, 0.2) is 73.1 Å². The molecule has 4 nitrogen and oxygen atoms in total. The third-order valence-corrected chi connectivity index (χ3v) is 3.22. The van der Waals surface area contributed by atoms with Gasteiger partial charge in [0.05, 0.1) is 0 Å². The molecule has 5 heteroatoms. The van der Waals surface area contributed by atoms with Crippen LogP contribution in [-0.2, 0) is 0 Å². The second-order valence-corrected chi connectivity index (χ2v) is 4.70. The quantitative estimate of drug-likeness (QED) is 0.489. The molecule has 0 radical (unpaired) electrons. The molecule has 0 atom stereocenters. The van der Waals surface area contributed by atoms with Gasteiger partial charge >= 0.3 is 23.1 Å². The Kier molecular flexibility index (Phi) is 5.73. The Balaban J connectivity index is 0.000000160. The molecule has 23 heavy (non-hydrogen) atoms. The highest BCUT2D eigenvalue weighted by Crippen LogP contribution is 2.21. The van der Waals surface area contributed by atoms with Crippen LogP contribution < -0.4 is 0 Å². The average Bonchev–Trinajstić information content (AvgIpc) is 2.57. The Morgan fingerprint density at radius 1 is 0.565 bits per heavy atom. The SMILES string of the molecule is Oc1cccc2cccnc12.Oc1cccc2cccnc12.[MgH2]. The lowest BCUT2D eigenvalue weighted by Gasteiger charge is -1.96. The van der Waals surface area contributed by atoms with Crippen LogP contribution in [0.1, 0.15) is 0 Å². The van der Waals surface area contributed by atoms with E-state index in [-0.39, 0.29) is 34.6 Å². The van der Waals surface area contributed by atoms with E-state index in [4.69, 9.17) is 0 Å². The minimum Gasteiger partial charge on any atom is -0.506 e. The van der Waals surface area contributed by atoms with Crippen molar-refractivity contribution < 1.29 is 10.2 Å². The number of nitrogens with zero attached hydrogens (tertiary/aromatic N) is 2. The summed E-state index contributed by atoms with van der Waals surface area (Å²) in [4.78, 5) is 8.06. The maximum Gasteiger partial charge on any atom is 0.316 e. The fraction of sp³-hybridized carbons (Fsp3) is 0. The zero-order chi connectivity index (χ0) is 15.4. The monoisotopic (exact) mass is 316 g/mol. The first-order valence-electron chi connectivity index (χ1n) is 6.81. The molecule has 4 aromatic rings. The van der Waals surface area contributed by atoms with Crippen LogP contribution >= 0.6 is 0 Å². The molecule has 2 aromatic heterocycles. The highest BCUT2D eigenvalue weighted by atomic mass is 24.3. The lowest BCUT2D eigenvalue weighted by atomic mass is 10.2. The summed E-state index contributed by atoms with van der Waals surface area (Å²) in [5, 5.41) is 20.5. The first-order chi connectivity index (χ1) is 10.8. The zero-order valence-corrected chi connectivity index (χ0v) is 11.7. The molecule has 4 rings (SSSR count). The molecule has 112 valence electrons. The number of phenols is 2. The Morgan fingerprint density at radius 2 is 0.957 bits per heavy atom. The van der Waals surface area contributed by atoms with Crippen molar-refractivity contribution >= 4 is 44.9 Å². The van der Waals surface area contributed by atoms with Crippen molar-refractivity contribution in [2.45, 2.75) is 0 Å². The molecular weight excluding hydrogens is 301 g/mol. The number of aromatic nitrogens is 2. The molecule has 0 fully saturated rings. The summed E-state index contributed by atoms with van der Waals surface area (Å²) in [6.07, 6.45) is 3.34. The highest BCUT2D eigenvalue weighted by molar-refractivity contribution is 5.84. The van der Waals surface area contributed by atoms with Gasteiger partial charge in [-0.25, -0.2) is 0 Å². The molecular formula is C18H16MgN2O2. The number of aromatic hydroxyl groups is 2. The predicted octanol–water partition coefficient (Wildman–Crippen LogP) is 2.96. The van der Waals surface area contributed by atoms with Gasteiger partial charge in [-0.15, -0.1) is 0 Å². The number of fused-ring (bicyclic) bond motifs is 2. The lowest BCUT2D eigenvalue weighted by molar-refractivity contribution is 0.480. The molecule has 2 aromatic carbocycles. The first-order valence-corrected chi connectivity index (χ1v) is 6.81. The smallest absolute Gasteiger partial charge is 0.316 e. The molecule has 0 saturated heterocycles. The van der Waals surface area contributed by atoms with Gasteiger partial charge in [-0.2, -0.15) is 0 Å². The third kappa shape index (κ3) is 3.88. The minimum atomic E-state index is 0. The Hall–Kier alpha value is -2.37. The average molecular weight is 317 g/mol.